The third-order valence-corrected chi connectivity index (χ3v) is 4.10. The highest BCUT2D eigenvalue weighted by Crippen LogP contribution is 2.24. The van der Waals surface area contributed by atoms with Gasteiger partial charge >= 0.3 is 0 Å². The Hall–Kier alpha value is -1.40. The molecule has 1 aromatic heterocycles. The van der Waals surface area contributed by atoms with Crippen molar-refractivity contribution in [2.45, 2.75) is 19.3 Å². The van der Waals surface area contributed by atoms with Gasteiger partial charge in [0.1, 0.15) is 5.82 Å². The van der Waals surface area contributed by atoms with Crippen LogP contribution >= 0.6 is 0 Å². The molecular formula is C14H22N4O2. The van der Waals surface area contributed by atoms with Crippen LogP contribution < -0.4 is 0 Å². The summed E-state index contributed by atoms with van der Waals surface area (Å²) in [5, 5.41) is 0. The second-order valence-corrected chi connectivity index (χ2v) is 5.67. The second-order valence-electron chi connectivity index (χ2n) is 5.67. The Bertz CT molecular complexity index is 467. The van der Waals surface area contributed by atoms with Crippen molar-refractivity contribution < 1.29 is 9.53 Å². The van der Waals surface area contributed by atoms with Crippen LogP contribution in [-0.4, -0.2) is 71.6 Å². The summed E-state index contributed by atoms with van der Waals surface area (Å²) in [4.78, 5) is 24.1. The van der Waals surface area contributed by atoms with Gasteiger partial charge in [0.2, 0.25) is 5.91 Å². The first kappa shape index (κ1) is 13.6. The molecule has 3 rings (SSSR count). The fourth-order valence-electron chi connectivity index (χ4n) is 2.94. The van der Waals surface area contributed by atoms with Gasteiger partial charge in [0.25, 0.3) is 0 Å². The molecule has 2 aliphatic rings. The van der Waals surface area contributed by atoms with Crippen molar-refractivity contribution in [1.29, 1.82) is 0 Å². The number of aromatic nitrogens is 2. The Labute approximate surface area is 119 Å². The van der Waals surface area contributed by atoms with Crippen molar-refractivity contribution in [2.24, 2.45) is 0 Å². The molecule has 0 aliphatic carbocycles. The summed E-state index contributed by atoms with van der Waals surface area (Å²) in [5.41, 5.74) is 1.10. The van der Waals surface area contributed by atoms with E-state index in [9.17, 15) is 4.79 Å². The number of nitrogens with zero attached hydrogens (tertiary/aromatic N) is 3. The molecule has 1 atom stereocenters. The minimum atomic E-state index is 0.226. The lowest BCUT2D eigenvalue weighted by molar-refractivity contribution is -0.136. The van der Waals surface area contributed by atoms with E-state index in [-0.39, 0.29) is 5.91 Å². The maximum Gasteiger partial charge on any atom is 0.236 e. The monoisotopic (exact) mass is 278 g/mol. The Morgan fingerprint density at radius 1 is 1.45 bits per heavy atom. The molecule has 3 heterocycles. The topological polar surface area (TPSA) is 61.5 Å². The molecule has 6 nitrogen and oxygen atoms in total. The molecule has 0 saturated carbocycles. The molecule has 1 amide bonds. The predicted molar refractivity (Wildman–Crippen MR) is 74.5 cm³/mol. The number of morpholine rings is 1. The van der Waals surface area contributed by atoms with Crippen LogP contribution in [0.1, 0.15) is 23.9 Å². The van der Waals surface area contributed by atoms with Crippen LogP contribution in [0.25, 0.3) is 0 Å². The zero-order valence-corrected chi connectivity index (χ0v) is 12.0. The number of H-pyrrole nitrogens is 1. The van der Waals surface area contributed by atoms with Gasteiger partial charge in [-0.1, -0.05) is 0 Å². The highest BCUT2D eigenvalue weighted by Gasteiger charge is 2.28. The average Bonchev–Trinajstić information content (AvgIpc) is 3.09. The highest BCUT2D eigenvalue weighted by atomic mass is 16.5. The van der Waals surface area contributed by atoms with E-state index >= 15 is 0 Å². The van der Waals surface area contributed by atoms with Crippen LogP contribution in [0.5, 0.6) is 0 Å². The van der Waals surface area contributed by atoms with E-state index in [1.54, 1.807) is 0 Å². The van der Waals surface area contributed by atoms with Crippen LogP contribution in [0.2, 0.25) is 0 Å². The Kier molecular flexibility index (Phi) is 4.03. The van der Waals surface area contributed by atoms with Gasteiger partial charge in [-0.25, -0.2) is 4.98 Å². The summed E-state index contributed by atoms with van der Waals surface area (Å²) < 4.78 is 5.28. The number of imidazole rings is 1. The maximum absolute atomic E-state index is 12.2. The molecule has 1 aromatic rings. The molecule has 110 valence electrons. The largest absolute Gasteiger partial charge is 0.378 e. The van der Waals surface area contributed by atoms with Gasteiger partial charge in [-0.3, -0.25) is 9.69 Å². The van der Waals surface area contributed by atoms with Crippen molar-refractivity contribution in [2.75, 3.05) is 45.9 Å². The smallest absolute Gasteiger partial charge is 0.236 e. The summed E-state index contributed by atoms with van der Waals surface area (Å²) in [5.74, 6) is 1.72. The quantitative estimate of drug-likeness (QED) is 0.867. The summed E-state index contributed by atoms with van der Waals surface area (Å²) >= 11 is 0. The minimum Gasteiger partial charge on any atom is -0.378 e. The number of carbonyl (C=O) groups is 1. The number of aromatic amines is 1. The molecule has 0 aromatic carbocycles. The fourth-order valence-corrected chi connectivity index (χ4v) is 2.94. The minimum absolute atomic E-state index is 0.226. The van der Waals surface area contributed by atoms with E-state index in [0.29, 0.717) is 25.7 Å². The van der Waals surface area contributed by atoms with Crippen LogP contribution in [0.3, 0.4) is 0 Å². The van der Waals surface area contributed by atoms with Gasteiger partial charge in [0, 0.05) is 37.4 Å². The molecule has 0 spiro atoms. The van der Waals surface area contributed by atoms with Gasteiger partial charge in [0.15, 0.2) is 0 Å². The van der Waals surface area contributed by atoms with E-state index in [1.807, 2.05) is 18.0 Å². The van der Waals surface area contributed by atoms with E-state index in [1.165, 1.54) is 0 Å². The van der Waals surface area contributed by atoms with Gasteiger partial charge < -0.3 is 14.6 Å². The molecule has 2 saturated heterocycles. The van der Waals surface area contributed by atoms with E-state index in [0.717, 1.165) is 44.1 Å². The zero-order chi connectivity index (χ0) is 13.9. The fraction of sp³-hybridized carbons (Fsp3) is 0.714. The molecule has 2 fully saturated rings. The average molecular weight is 278 g/mol. The van der Waals surface area contributed by atoms with Gasteiger partial charge in [-0.15, -0.1) is 0 Å². The lowest BCUT2D eigenvalue weighted by Gasteiger charge is -2.28. The van der Waals surface area contributed by atoms with Crippen molar-refractivity contribution in [3.05, 3.63) is 17.7 Å². The lowest BCUT2D eigenvalue weighted by atomic mass is 10.1. The second kappa shape index (κ2) is 5.93. The molecular weight excluding hydrogens is 256 g/mol. The number of carbonyl (C=O) groups excluding carboxylic acids is 1. The third kappa shape index (κ3) is 3.02. The summed E-state index contributed by atoms with van der Waals surface area (Å²) in [6, 6.07) is 0. The van der Waals surface area contributed by atoms with Crippen molar-refractivity contribution in [3.63, 3.8) is 0 Å². The van der Waals surface area contributed by atoms with E-state index < -0.39 is 0 Å². The van der Waals surface area contributed by atoms with Crippen molar-refractivity contribution >= 4 is 5.91 Å². The summed E-state index contributed by atoms with van der Waals surface area (Å²) in [6.07, 6.45) is 2.94. The predicted octanol–water partition coefficient (Wildman–Crippen LogP) is 0.366. The van der Waals surface area contributed by atoms with Crippen LogP contribution in [0.15, 0.2) is 6.20 Å². The standard InChI is InChI=1S/C14H22N4O2/c1-11-8-15-14(16-11)12-2-3-17(9-12)10-13(19)18-4-6-20-7-5-18/h8,12H,2-7,9-10H2,1H3,(H,15,16)/t12-/m1/s1. The number of aryl methyl sites for hydroxylation is 1. The Morgan fingerprint density at radius 3 is 2.95 bits per heavy atom. The third-order valence-electron chi connectivity index (χ3n) is 4.10. The number of hydrogen-bond donors (Lipinski definition) is 1. The maximum atomic E-state index is 12.2. The van der Waals surface area contributed by atoms with Gasteiger partial charge in [0.05, 0.1) is 19.8 Å². The van der Waals surface area contributed by atoms with Crippen LogP contribution in [0.4, 0.5) is 0 Å². The zero-order valence-electron chi connectivity index (χ0n) is 12.0. The summed E-state index contributed by atoms with van der Waals surface area (Å²) in [7, 11) is 0. The molecule has 2 aliphatic heterocycles. The normalized spacial score (nSPS) is 24.2. The first-order valence-corrected chi connectivity index (χ1v) is 7.32. The highest BCUT2D eigenvalue weighted by molar-refractivity contribution is 5.78. The molecule has 0 unspecified atom stereocenters. The molecule has 1 N–H and O–H groups in total. The SMILES string of the molecule is Cc1cnc([C@@H]2CCN(CC(=O)N3CCOCC3)C2)[nH]1. The number of ether oxygens (including phenoxy) is 1. The number of rotatable bonds is 3. The van der Waals surface area contributed by atoms with Gasteiger partial charge in [-0.05, 0) is 19.9 Å². The molecule has 0 bridgehead atoms. The first-order chi connectivity index (χ1) is 9.72. The van der Waals surface area contributed by atoms with Crippen molar-refractivity contribution in [3.8, 4) is 0 Å². The lowest BCUT2D eigenvalue weighted by Crippen LogP contribution is -2.45. The molecule has 6 heteroatoms. The van der Waals surface area contributed by atoms with Crippen LogP contribution in [-0.2, 0) is 9.53 Å². The Morgan fingerprint density at radius 2 is 2.25 bits per heavy atom. The number of amides is 1. The number of likely N-dealkylation sites (tertiary alicyclic amines) is 1. The Balaban J connectivity index is 1.51. The van der Waals surface area contributed by atoms with E-state index in [2.05, 4.69) is 14.9 Å². The van der Waals surface area contributed by atoms with Crippen molar-refractivity contribution in [1.82, 2.24) is 19.8 Å². The number of hydrogen-bond acceptors (Lipinski definition) is 4. The van der Waals surface area contributed by atoms with Crippen LogP contribution in [0, 0.1) is 6.92 Å². The molecule has 20 heavy (non-hydrogen) atoms. The molecule has 0 radical (unpaired) electrons. The first-order valence-electron chi connectivity index (χ1n) is 7.32. The van der Waals surface area contributed by atoms with E-state index in [4.69, 9.17) is 4.74 Å². The summed E-state index contributed by atoms with van der Waals surface area (Å²) in [6.45, 7) is 7.23. The van der Waals surface area contributed by atoms with Gasteiger partial charge in [-0.2, -0.15) is 0 Å². The number of nitrogens with one attached hydrogen (secondary N) is 1.